The summed E-state index contributed by atoms with van der Waals surface area (Å²) in [6.07, 6.45) is 1.92. The van der Waals surface area contributed by atoms with Crippen LogP contribution in [0.25, 0.3) is 0 Å². The molecule has 0 amide bonds. The van der Waals surface area contributed by atoms with Crippen LogP contribution in [0.1, 0.15) is 40.4 Å². The van der Waals surface area contributed by atoms with Crippen molar-refractivity contribution in [1.29, 1.82) is 0 Å². The molecule has 0 aliphatic carbocycles. The first-order valence-corrected chi connectivity index (χ1v) is 9.60. The number of sulfonamides is 1. The summed E-state index contributed by atoms with van der Waals surface area (Å²) >= 11 is 0. The molecule has 2 aromatic rings. The fraction of sp³-hybridized carbons (Fsp3) is 0.500. The number of aryl methyl sites for hydroxylation is 4. The first kappa shape index (κ1) is 18.7. The molecule has 5 nitrogen and oxygen atoms in total. The maximum atomic E-state index is 13.2. The summed E-state index contributed by atoms with van der Waals surface area (Å²) in [5, 5.41) is 4.40. The Balaban J connectivity index is 2.45. The summed E-state index contributed by atoms with van der Waals surface area (Å²) in [5.41, 5.74) is 5.45. The number of hydrogen-bond acceptors (Lipinski definition) is 3. The Hall–Kier alpha value is -1.66. The zero-order valence-corrected chi connectivity index (χ0v) is 16.5. The Morgan fingerprint density at radius 2 is 1.62 bits per heavy atom. The minimum absolute atomic E-state index is 0.319. The van der Waals surface area contributed by atoms with E-state index in [1.165, 1.54) is 4.31 Å². The van der Waals surface area contributed by atoms with Crippen LogP contribution >= 0.6 is 0 Å². The highest BCUT2D eigenvalue weighted by Crippen LogP contribution is 2.29. The molecule has 1 aromatic carbocycles. The van der Waals surface area contributed by atoms with Crippen LogP contribution in [0.3, 0.4) is 0 Å². The van der Waals surface area contributed by atoms with Crippen molar-refractivity contribution in [3.8, 4) is 0 Å². The van der Waals surface area contributed by atoms with Crippen LogP contribution in [-0.2, 0) is 23.1 Å². The maximum Gasteiger partial charge on any atom is 0.243 e. The van der Waals surface area contributed by atoms with E-state index in [2.05, 4.69) is 5.10 Å². The highest BCUT2D eigenvalue weighted by molar-refractivity contribution is 7.89. The molecule has 1 heterocycles. The van der Waals surface area contributed by atoms with Crippen molar-refractivity contribution < 1.29 is 8.42 Å². The summed E-state index contributed by atoms with van der Waals surface area (Å²) in [6, 6.07) is 2.04. The van der Waals surface area contributed by atoms with Gasteiger partial charge in [-0.1, -0.05) is 6.07 Å². The normalized spacial score (nSPS) is 12.2. The smallest absolute Gasteiger partial charge is 0.243 e. The monoisotopic (exact) mass is 349 g/mol. The van der Waals surface area contributed by atoms with Crippen molar-refractivity contribution in [2.24, 2.45) is 0 Å². The minimum atomic E-state index is -3.56. The predicted molar refractivity (Wildman–Crippen MR) is 96.7 cm³/mol. The highest BCUT2D eigenvalue weighted by atomic mass is 32.2. The molecular weight excluding hydrogens is 322 g/mol. The lowest BCUT2D eigenvalue weighted by Gasteiger charge is -2.22. The van der Waals surface area contributed by atoms with Gasteiger partial charge in [-0.25, -0.2) is 8.42 Å². The van der Waals surface area contributed by atoms with Crippen LogP contribution in [0.5, 0.6) is 0 Å². The van der Waals surface area contributed by atoms with E-state index in [1.54, 1.807) is 7.05 Å². The van der Waals surface area contributed by atoms with E-state index >= 15 is 0 Å². The van der Waals surface area contributed by atoms with Crippen LogP contribution in [0, 0.1) is 34.6 Å². The summed E-state index contributed by atoms with van der Waals surface area (Å²) in [5.74, 6) is 0. The van der Waals surface area contributed by atoms with Crippen molar-refractivity contribution in [3.63, 3.8) is 0 Å². The summed E-state index contributed by atoms with van der Waals surface area (Å²) in [4.78, 5) is 0.433. The molecule has 0 saturated heterocycles. The van der Waals surface area contributed by atoms with Gasteiger partial charge >= 0.3 is 0 Å². The van der Waals surface area contributed by atoms with Crippen LogP contribution in [0.2, 0.25) is 0 Å². The molecule has 1 aromatic heterocycles. The Kier molecular flexibility index (Phi) is 5.20. The molecule has 0 radical (unpaired) electrons. The quantitative estimate of drug-likeness (QED) is 0.832. The molecule has 0 fully saturated rings. The molecule has 0 atom stereocenters. The minimum Gasteiger partial charge on any atom is -0.272 e. The van der Waals surface area contributed by atoms with E-state index in [0.717, 1.165) is 40.1 Å². The average Bonchev–Trinajstić information content (AvgIpc) is 2.85. The molecule has 0 unspecified atom stereocenters. The summed E-state index contributed by atoms with van der Waals surface area (Å²) in [7, 11) is -1.93. The van der Waals surface area contributed by atoms with Crippen LogP contribution < -0.4 is 0 Å². The highest BCUT2D eigenvalue weighted by Gasteiger charge is 2.27. The van der Waals surface area contributed by atoms with Crippen molar-refractivity contribution >= 4 is 10.0 Å². The Morgan fingerprint density at radius 3 is 2.08 bits per heavy atom. The second-order valence-electron chi connectivity index (χ2n) is 6.45. The summed E-state index contributed by atoms with van der Waals surface area (Å²) in [6.45, 7) is 12.7. The Morgan fingerprint density at radius 1 is 1.08 bits per heavy atom. The molecule has 0 spiro atoms. The van der Waals surface area contributed by atoms with E-state index in [4.69, 9.17) is 0 Å². The summed E-state index contributed by atoms with van der Waals surface area (Å²) < 4.78 is 29.6. The molecule has 2 rings (SSSR count). The zero-order chi connectivity index (χ0) is 18.2. The number of benzene rings is 1. The topological polar surface area (TPSA) is 55.2 Å². The van der Waals surface area contributed by atoms with E-state index in [-0.39, 0.29) is 0 Å². The van der Waals surface area contributed by atoms with Gasteiger partial charge in [-0.05, 0) is 63.8 Å². The van der Waals surface area contributed by atoms with E-state index in [9.17, 15) is 8.42 Å². The van der Waals surface area contributed by atoms with Crippen LogP contribution in [0.15, 0.2) is 17.2 Å². The lowest BCUT2D eigenvalue weighted by Crippen LogP contribution is -2.28. The second kappa shape index (κ2) is 6.69. The van der Waals surface area contributed by atoms with Gasteiger partial charge in [0.2, 0.25) is 10.0 Å². The van der Waals surface area contributed by atoms with Crippen molar-refractivity contribution in [1.82, 2.24) is 14.1 Å². The van der Waals surface area contributed by atoms with Crippen LogP contribution in [-0.4, -0.2) is 29.6 Å². The third-order valence-electron chi connectivity index (χ3n) is 4.73. The molecule has 6 heteroatoms. The van der Waals surface area contributed by atoms with Crippen molar-refractivity contribution in [2.75, 3.05) is 7.05 Å². The van der Waals surface area contributed by atoms with Gasteiger partial charge in [0.1, 0.15) is 0 Å². The largest absolute Gasteiger partial charge is 0.272 e. The third kappa shape index (κ3) is 3.26. The third-order valence-corrected chi connectivity index (χ3v) is 6.81. The van der Waals surface area contributed by atoms with Gasteiger partial charge in [0.25, 0.3) is 0 Å². The van der Waals surface area contributed by atoms with Gasteiger partial charge in [0.05, 0.1) is 10.6 Å². The SMILES string of the molecule is CCn1cc(CN(C)S(=O)(=O)c2c(C)c(C)cc(C)c2C)c(C)n1. The van der Waals surface area contributed by atoms with Crippen molar-refractivity contribution in [2.45, 2.75) is 59.5 Å². The second-order valence-corrected chi connectivity index (χ2v) is 8.43. The van der Waals surface area contributed by atoms with Gasteiger partial charge in [-0.2, -0.15) is 9.40 Å². The number of aromatic nitrogens is 2. The molecule has 0 bridgehead atoms. The van der Waals surface area contributed by atoms with E-state index in [0.29, 0.717) is 11.4 Å². The standard InChI is InChI=1S/C18H27N3O2S/c1-8-21-11-17(16(6)19-21)10-20(7)24(22,23)18-14(4)12(2)9-13(3)15(18)5/h9,11H,8,10H2,1-7H3. The maximum absolute atomic E-state index is 13.2. The molecule has 0 saturated carbocycles. The molecule has 24 heavy (non-hydrogen) atoms. The lowest BCUT2D eigenvalue weighted by molar-refractivity contribution is 0.464. The van der Waals surface area contributed by atoms with E-state index < -0.39 is 10.0 Å². The lowest BCUT2D eigenvalue weighted by atomic mass is 10.0. The molecule has 0 aliphatic heterocycles. The van der Waals surface area contributed by atoms with Gasteiger partial charge in [0, 0.05) is 31.9 Å². The van der Waals surface area contributed by atoms with Crippen molar-refractivity contribution in [3.05, 3.63) is 45.8 Å². The molecule has 132 valence electrons. The number of nitrogens with zero attached hydrogens (tertiary/aromatic N) is 3. The van der Waals surface area contributed by atoms with Gasteiger partial charge < -0.3 is 0 Å². The van der Waals surface area contributed by atoms with E-state index in [1.807, 2.05) is 58.5 Å². The van der Waals surface area contributed by atoms with Crippen LogP contribution in [0.4, 0.5) is 0 Å². The number of hydrogen-bond donors (Lipinski definition) is 0. The number of rotatable bonds is 5. The van der Waals surface area contributed by atoms with Gasteiger partial charge in [0.15, 0.2) is 0 Å². The molecule has 0 aliphatic rings. The molecular formula is C18H27N3O2S. The van der Waals surface area contributed by atoms with Gasteiger partial charge in [-0.3, -0.25) is 4.68 Å². The zero-order valence-electron chi connectivity index (χ0n) is 15.6. The first-order chi connectivity index (χ1) is 11.1. The first-order valence-electron chi connectivity index (χ1n) is 8.16. The average molecular weight is 350 g/mol. The Labute approximate surface area is 145 Å². The fourth-order valence-corrected chi connectivity index (χ4v) is 4.64. The van der Waals surface area contributed by atoms with Gasteiger partial charge in [-0.15, -0.1) is 0 Å². The predicted octanol–water partition coefficient (Wildman–Crippen LogP) is 3.27. The Bertz CT molecular complexity index is 841. The fourth-order valence-electron chi connectivity index (χ4n) is 2.92. The molecule has 0 N–H and O–H groups in total.